The van der Waals surface area contributed by atoms with Crippen molar-refractivity contribution in [3.8, 4) is 5.75 Å². The van der Waals surface area contributed by atoms with E-state index in [0.717, 1.165) is 34.4 Å². The molecule has 1 aromatic carbocycles. The first-order valence-electron chi connectivity index (χ1n) is 12.2. The van der Waals surface area contributed by atoms with Crippen LogP contribution in [0.4, 0.5) is 17.6 Å². The highest BCUT2D eigenvalue weighted by atomic mass is 32.1. The summed E-state index contributed by atoms with van der Waals surface area (Å²) in [7, 11) is 0. The number of furan rings is 1. The van der Waals surface area contributed by atoms with Crippen molar-refractivity contribution in [1.29, 1.82) is 0 Å². The number of halogens is 4. The van der Waals surface area contributed by atoms with E-state index in [9.17, 15) is 27.2 Å². The predicted molar refractivity (Wildman–Crippen MR) is 137 cm³/mol. The molecule has 0 radical (unpaired) electrons. The Labute approximate surface area is 224 Å². The number of hydrogen-bond donors (Lipinski definition) is 1. The Hall–Kier alpha value is -3.67. The van der Waals surface area contributed by atoms with Crippen LogP contribution >= 0.6 is 11.3 Å². The molecule has 39 heavy (non-hydrogen) atoms. The number of amides is 1. The highest BCUT2D eigenvalue weighted by Gasteiger charge is 2.32. The predicted octanol–water partition coefficient (Wildman–Crippen LogP) is 6.03. The zero-order valence-corrected chi connectivity index (χ0v) is 22.4. The van der Waals surface area contributed by atoms with Crippen LogP contribution in [0, 0.1) is 41.5 Å². The van der Waals surface area contributed by atoms with Crippen molar-refractivity contribution in [2.75, 3.05) is 5.43 Å². The second-order valence-electron chi connectivity index (χ2n) is 10.6. The molecule has 4 aromatic rings. The summed E-state index contributed by atoms with van der Waals surface area (Å²) in [6, 6.07) is 2.62. The van der Waals surface area contributed by atoms with Gasteiger partial charge in [-0.1, -0.05) is 20.8 Å². The maximum Gasteiger partial charge on any atom is 0.305 e. The van der Waals surface area contributed by atoms with E-state index in [2.05, 4.69) is 31.2 Å². The quantitative estimate of drug-likeness (QED) is 0.237. The van der Waals surface area contributed by atoms with Crippen LogP contribution in [-0.2, 0) is 19.4 Å². The Morgan fingerprint density at radius 1 is 1.21 bits per heavy atom. The van der Waals surface area contributed by atoms with Gasteiger partial charge in [0.25, 0.3) is 5.56 Å². The largest absolute Gasteiger partial charge is 0.479 e. The van der Waals surface area contributed by atoms with E-state index in [1.165, 1.54) is 23.5 Å². The van der Waals surface area contributed by atoms with Gasteiger partial charge in [0.1, 0.15) is 23.0 Å². The van der Waals surface area contributed by atoms with E-state index in [-0.39, 0.29) is 28.8 Å². The first-order valence-corrected chi connectivity index (χ1v) is 13.1. The van der Waals surface area contributed by atoms with Crippen LogP contribution in [-0.4, -0.2) is 15.6 Å². The van der Waals surface area contributed by atoms with Gasteiger partial charge in [-0.3, -0.25) is 15.0 Å². The molecule has 0 saturated carbocycles. The number of carbonyl (C=O) groups excluding carboxylic acids is 1. The highest BCUT2D eigenvalue weighted by molar-refractivity contribution is 7.18. The molecule has 0 unspecified atom stereocenters. The zero-order chi connectivity index (χ0) is 28.2. The minimum absolute atomic E-state index is 0.0541. The summed E-state index contributed by atoms with van der Waals surface area (Å²) in [6.45, 7) is 7.62. The Morgan fingerprint density at radius 3 is 2.56 bits per heavy atom. The minimum atomic E-state index is -1.69. The lowest BCUT2D eigenvalue weighted by Gasteiger charge is -2.33. The lowest BCUT2D eigenvalue weighted by Crippen LogP contribution is -2.35. The van der Waals surface area contributed by atoms with Crippen LogP contribution < -0.4 is 15.7 Å². The van der Waals surface area contributed by atoms with Gasteiger partial charge in [-0.05, 0) is 55.2 Å². The van der Waals surface area contributed by atoms with Crippen LogP contribution in [0.2, 0.25) is 0 Å². The maximum atomic E-state index is 13.8. The summed E-state index contributed by atoms with van der Waals surface area (Å²) in [4.78, 5) is 32.6. The van der Waals surface area contributed by atoms with E-state index in [1.54, 1.807) is 6.92 Å². The van der Waals surface area contributed by atoms with Crippen molar-refractivity contribution in [2.45, 2.75) is 53.6 Å². The molecule has 1 atom stereocenters. The van der Waals surface area contributed by atoms with E-state index >= 15 is 0 Å². The normalized spacial score (nSPS) is 15.4. The lowest BCUT2D eigenvalue weighted by atomic mass is 9.72. The summed E-state index contributed by atoms with van der Waals surface area (Å²) in [5, 5.41) is 0.494. The van der Waals surface area contributed by atoms with Crippen LogP contribution in [0.25, 0.3) is 10.2 Å². The molecule has 0 aliphatic heterocycles. The standard InChI is InChI=1S/C27H25F4N3O4S/c1-12-32-25-20(15-7-5-13(27(2,3)4)9-19(15)39-25)26(36)34(12)33-24(35)18-8-6-14(38-18)11-37-23-21(30)16(28)10-17(29)22(23)31/h6,8,10,13H,5,7,9,11H2,1-4H3,(H,33,35)/t13-/m1/s1. The molecular formula is C27H25F4N3O4S. The van der Waals surface area contributed by atoms with Crippen molar-refractivity contribution in [3.63, 3.8) is 0 Å². The number of thiophene rings is 1. The monoisotopic (exact) mass is 563 g/mol. The molecule has 1 amide bonds. The zero-order valence-electron chi connectivity index (χ0n) is 21.6. The fraction of sp³-hybridized carbons (Fsp3) is 0.370. The van der Waals surface area contributed by atoms with Gasteiger partial charge < -0.3 is 9.15 Å². The number of carbonyl (C=O) groups is 1. The first kappa shape index (κ1) is 26.9. The third-order valence-corrected chi connectivity index (χ3v) is 8.15. The smallest absolute Gasteiger partial charge is 0.305 e. The molecule has 1 N–H and O–H groups in total. The third-order valence-electron chi connectivity index (χ3n) is 7.00. The van der Waals surface area contributed by atoms with E-state index in [4.69, 9.17) is 9.15 Å². The summed E-state index contributed by atoms with van der Waals surface area (Å²) >= 11 is 1.51. The number of fused-ring (bicyclic) bond motifs is 3. The molecular weight excluding hydrogens is 538 g/mol. The van der Waals surface area contributed by atoms with Crippen molar-refractivity contribution < 1.29 is 31.5 Å². The van der Waals surface area contributed by atoms with Gasteiger partial charge in [0, 0.05) is 10.9 Å². The SMILES string of the molecule is Cc1nc2sc3c(c2c(=O)n1NC(=O)c1ccc(COc2c(F)c(F)cc(F)c2F)o1)CC[C@@H](C(C)(C)C)C3. The molecule has 3 aromatic heterocycles. The molecule has 0 fully saturated rings. The number of nitrogens with zero attached hydrogens (tertiary/aromatic N) is 2. The van der Waals surface area contributed by atoms with Crippen LogP contribution in [0.15, 0.2) is 27.4 Å². The van der Waals surface area contributed by atoms with E-state index in [1.807, 2.05) is 0 Å². The van der Waals surface area contributed by atoms with Gasteiger partial charge in [0.05, 0.1) is 5.39 Å². The summed E-state index contributed by atoms with van der Waals surface area (Å²) in [5.41, 5.74) is 3.21. The molecule has 12 heteroatoms. The van der Waals surface area contributed by atoms with Gasteiger partial charge in [-0.25, -0.2) is 18.4 Å². The topological polar surface area (TPSA) is 86.4 Å². The second-order valence-corrected chi connectivity index (χ2v) is 11.7. The average molecular weight is 564 g/mol. The molecule has 7 nitrogen and oxygen atoms in total. The number of benzene rings is 1. The molecule has 3 heterocycles. The summed E-state index contributed by atoms with van der Waals surface area (Å²) in [5.74, 6) is -8.16. The van der Waals surface area contributed by atoms with E-state index < -0.39 is 47.1 Å². The Balaban J connectivity index is 1.35. The first-order chi connectivity index (χ1) is 18.3. The fourth-order valence-electron chi connectivity index (χ4n) is 4.75. The van der Waals surface area contributed by atoms with Crippen molar-refractivity contribution in [3.05, 3.63) is 79.6 Å². The lowest BCUT2D eigenvalue weighted by molar-refractivity contribution is 0.0975. The highest BCUT2D eigenvalue weighted by Crippen LogP contribution is 2.42. The van der Waals surface area contributed by atoms with Crippen LogP contribution in [0.3, 0.4) is 0 Å². The number of hydrogen-bond acceptors (Lipinski definition) is 6. The van der Waals surface area contributed by atoms with Gasteiger partial charge >= 0.3 is 5.91 Å². The number of ether oxygens (including phenoxy) is 1. The Kier molecular flexibility index (Phi) is 6.78. The Bertz CT molecular complexity index is 1640. The van der Waals surface area contributed by atoms with Gasteiger partial charge in [0.15, 0.2) is 23.1 Å². The maximum absolute atomic E-state index is 13.8. The van der Waals surface area contributed by atoms with Crippen LogP contribution in [0.5, 0.6) is 5.75 Å². The number of rotatable bonds is 5. The van der Waals surface area contributed by atoms with Crippen molar-refractivity contribution >= 4 is 27.5 Å². The fourth-order valence-corrected chi connectivity index (χ4v) is 6.09. The molecule has 1 aliphatic rings. The van der Waals surface area contributed by atoms with Crippen molar-refractivity contribution in [2.24, 2.45) is 11.3 Å². The van der Waals surface area contributed by atoms with Gasteiger partial charge in [0.2, 0.25) is 11.6 Å². The average Bonchev–Trinajstić information content (AvgIpc) is 3.49. The van der Waals surface area contributed by atoms with Gasteiger partial charge in [-0.2, -0.15) is 8.78 Å². The minimum Gasteiger partial charge on any atom is -0.479 e. The molecule has 0 bridgehead atoms. The summed E-state index contributed by atoms with van der Waals surface area (Å²) in [6.07, 6.45) is 2.58. The molecule has 0 spiro atoms. The number of nitrogens with one attached hydrogen (secondary N) is 1. The second kappa shape index (κ2) is 9.82. The number of aromatic nitrogens is 2. The third kappa shape index (κ3) is 4.93. The summed E-state index contributed by atoms with van der Waals surface area (Å²) < 4.78 is 65.7. The molecule has 0 saturated heterocycles. The van der Waals surface area contributed by atoms with E-state index in [0.29, 0.717) is 16.1 Å². The van der Waals surface area contributed by atoms with Crippen molar-refractivity contribution in [1.82, 2.24) is 9.66 Å². The number of aryl methyl sites for hydroxylation is 2. The molecule has 206 valence electrons. The Morgan fingerprint density at radius 2 is 1.90 bits per heavy atom. The molecule has 1 aliphatic carbocycles. The van der Waals surface area contributed by atoms with Crippen LogP contribution in [0.1, 0.15) is 59.8 Å². The van der Waals surface area contributed by atoms with Gasteiger partial charge in [-0.15, -0.1) is 11.3 Å². The molecule has 5 rings (SSSR count).